The van der Waals surface area contributed by atoms with E-state index in [1.807, 2.05) is 24.3 Å². The number of rotatable bonds is 5. The zero-order valence-corrected chi connectivity index (χ0v) is 11.4. The Bertz CT molecular complexity index is 454. The third kappa shape index (κ3) is 2.46. The lowest BCUT2D eigenvalue weighted by atomic mass is 9.60. The largest absolute Gasteiger partial charge is 0.303 e. The third-order valence-corrected chi connectivity index (χ3v) is 4.35. The summed E-state index contributed by atoms with van der Waals surface area (Å²) in [4.78, 5) is 21.9. The molecule has 1 aromatic rings. The van der Waals surface area contributed by atoms with Crippen molar-refractivity contribution in [2.75, 3.05) is 6.54 Å². The lowest BCUT2D eigenvalue weighted by Gasteiger charge is -2.41. The molecule has 2 rings (SSSR count). The molecule has 0 amide bonds. The van der Waals surface area contributed by atoms with Crippen LogP contribution in [0.3, 0.4) is 0 Å². The van der Waals surface area contributed by atoms with Gasteiger partial charge in [0.15, 0.2) is 0 Å². The van der Waals surface area contributed by atoms with Gasteiger partial charge in [-0.2, -0.15) is 0 Å². The van der Waals surface area contributed by atoms with E-state index < -0.39 is 5.41 Å². The first-order chi connectivity index (χ1) is 8.57. The number of nitrogens with zero attached hydrogens (tertiary/aromatic N) is 1. The maximum atomic E-state index is 11.3. The molecule has 0 aromatic heterocycles. The Balaban J connectivity index is 2.32. The van der Waals surface area contributed by atoms with Crippen LogP contribution in [0.4, 0.5) is 0 Å². The summed E-state index contributed by atoms with van der Waals surface area (Å²) in [6.07, 6.45) is 3.41. The highest BCUT2D eigenvalue weighted by Gasteiger charge is 2.47. The molecule has 18 heavy (non-hydrogen) atoms. The van der Waals surface area contributed by atoms with Crippen molar-refractivity contribution in [1.82, 2.24) is 0 Å². The topological polar surface area (TPSA) is 60.2 Å². The molecule has 1 aliphatic carbocycles. The molecule has 1 unspecified atom stereocenters. The van der Waals surface area contributed by atoms with Gasteiger partial charge in [-0.1, -0.05) is 34.5 Å². The van der Waals surface area contributed by atoms with Gasteiger partial charge < -0.3 is 4.79 Å². The molecule has 96 valence electrons. The molecule has 0 aliphatic heterocycles. The number of nitro groups is 1. The maximum Gasteiger partial charge on any atom is 0.211 e. The first kappa shape index (κ1) is 13.2. The highest BCUT2D eigenvalue weighted by molar-refractivity contribution is 9.10. The van der Waals surface area contributed by atoms with Gasteiger partial charge in [0.1, 0.15) is 6.29 Å². The maximum absolute atomic E-state index is 11.3. The summed E-state index contributed by atoms with van der Waals surface area (Å²) >= 11 is 3.34. The zero-order valence-electron chi connectivity index (χ0n) is 9.84. The minimum Gasteiger partial charge on any atom is -0.303 e. The van der Waals surface area contributed by atoms with Gasteiger partial charge in [-0.25, -0.2) is 0 Å². The van der Waals surface area contributed by atoms with Crippen LogP contribution < -0.4 is 0 Å². The average molecular weight is 312 g/mol. The molecule has 1 fully saturated rings. The van der Waals surface area contributed by atoms with Crippen LogP contribution in [0.15, 0.2) is 28.7 Å². The average Bonchev–Trinajstić information content (AvgIpc) is 2.27. The van der Waals surface area contributed by atoms with Crippen molar-refractivity contribution in [1.29, 1.82) is 0 Å². The Labute approximate surface area is 114 Å². The molecule has 1 saturated carbocycles. The van der Waals surface area contributed by atoms with E-state index in [1.54, 1.807) is 0 Å². The second kappa shape index (κ2) is 5.18. The van der Waals surface area contributed by atoms with Crippen LogP contribution in [-0.2, 0) is 4.79 Å². The van der Waals surface area contributed by atoms with Gasteiger partial charge in [0.2, 0.25) is 6.54 Å². The van der Waals surface area contributed by atoms with E-state index in [-0.39, 0.29) is 17.4 Å². The molecule has 0 radical (unpaired) electrons. The van der Waals surface area contributed by atoms with Crippen LogP contribution in [0.5, 0.6) is 0 Å². The first-order valence-electron chi connectivity index (χ1n) is 5.91. The summed E-state index contributed by atoms with van der Waals surface area (Å²) in [5.41, 5.74) is 0.350. The van der Waals surface area contributed by atoms with Crippen LogP contribution in [0.25, 0.3) is 0 Å². The molecule has 0 saturated heterocycles. The first-order valence-corrected chi connectivity index (χ1v) is 6.70. The van der Waals surface area contributed by atoms with Crippen LogP contribution in [0, 0.1) is 15.5 Å². The van der Waals surface area contributed by atoms with Gasteiger partial charge in [-0.15, -0.1) is 0 Å². The van der Waals surface area contributed by atoms with Crippen molar-refractivity contribution >= 4 is 22.2 Å². The lowest BCUT2D eigenvalue weighted by molar-refractivity contribution is -0.486. The number of hydrogen-bond acceptors (Lipinski definition) is 3. The number of benzene rings is 1. The molecule has 0 heterocycles. The lowest BCUT2D eigenvalue weighted by Crippen LogP contribution is -2.40. The molecular formula is C13H14BrNO3. The highest BCUT2D eigenvalue weighted by atomic mass is 79.9. The second-order valence-corrected chi connectivity index (χ2v) is 5.74. The molecule has 1 aliphatic rings. The summed E-state index contributed by atoms with van der Waals surface area (Å²) in [7, 11) is 0. The summed E-state index contributed by atoms with van der Waals surface area (Å²) in [5, 5.41) is 10.8. The molecule has 0 bridgehead atoms. The predicted octanol–water partition coefficient (Wildman–Crippen LogP) is 3.18. The van der Waals surface area contributed by atoms with Gasteiger partial charge >= 0.3 is 0 Å². The number of aldehydes is 1. The number of hydrogen-bond donors (Lipinski definition) is 0. The van der Waals surface area contributed by atoms with Crippen LogP contribution in [-0.4, -0.2) is 17.8 Å². The molecule has 5 heteroatoms. The Hall–Kier alpha value is -1.23. The van der Waals surface area contributed by atoms with Gasteiger partial charge in [-0.3, -0.25) is 10.1 Å². The fourth-order valence-corrected chi connectivity index (χ4v) is 2.86. The van der Waals surface area contributed by atoms with Crippen LogP contribution in [0.2, 0.25) is 0 Å². The van der Waals surface area contributed by atoms with E-state index >= 15 is 0 Å². The van der Waals surface area contributed by atoms with Crippen LogP contribution in [0.1, 0.15) is 30.7 Å². The quantitative estimate of drug-likeness (QED) is 0.476. The Kier molecular flexibility index (Phi) is 3.80. The summed E-state index contributed by atoms with van der Waals surface area (Å²) in [6.45, 7) is -0.180. The normalized spacial score (nSPS) is 18.7. The van der Waals surface area contributed by atoms with Gasteiger partial charge in [0.05, 0.1) is 5.92 Å². The number of halogens is 1. The SMILES string of the molecule is O=CC1(C(C[N+](=O)[O-])c2ccc(Br)cc2)CCC1. The smallest absolute Gasteiger partial charge is 0.211 e. The summed E-state index contributed by atoms with van der Waals surface area (Å²) in [5.74, 6) is -0.313. The molecule has 0 spiro atoms. The molecule has 1 aromatic carbocycles. The zero-order chi connectivity index (χ0) is 13.2. The van der Waals surface area contributed by atoms with Crippen molar-refractivity contribution < 1.29 is 9.72 Å². The molecule has 0 N–H and O–H groups in total. The highest BCUT2D eigenvalue weighted by Crippen LogP contribution is 2.50. The van der Waals surface area contributed by atoms with Crippen LogP contribution >= 0.6 is 15.9 Å². The van der Waals surface area contributed by atoms with E-state index in [2.05, 4.69) is 15.9 Å². The van der Waals surface area contributed by atoms with Crippen molar-refractivity contribution in [3.63, 3.8) is 0 Å². The number of carbonyl (C=O) groups excluding carboxylic acids is 1. The Morgan fingerprint density at radius 1 is 1.39 bits per heavy atom. The molecule has 4 nitrogen and oxygen atoms in total. The van der Waals surface area contributed by atoms with Crippen molar-refractivity contribution in [2.24, 2.45) is 5.41 Å². The van der Waals surface area contributed by atoms with Crippen molar-refractivity contribution in [2.45, 2.75) is 25.2 Å². The van der Waals surface area contributed by atoms with Crippen molar-refractivity contribution in [3.05, 3.63) is 44.4 Å². The fraction of sp³-hybridized carbons (Fsp3) is 0.462. The predicted molar refractivity (Wildman–Crippen MR) is 71.1 cm³/mol. The minimum atomic E-state index is -0.527. The number of carbonyl (C=O) groups is 1. The van der Waals surface area contributed by atoms with Crippen molar-refractivity contribution in [3.8, 4) is 0 Å². The van der Waals surface area contributed by atoms with Gasteiger partial charge in [0.25, 0.3) is 0 Å². The van der Waals surface area contributed by atoms with E-state index in [0.29, 0.717) is 0 Å². The van der Waals surface area contributed by atoms with Gasteiger partial charge in [-0.05, 0) is 30.5 Å². The Morgan fingerprint density at radius 2 is 2.00 bits per heavy atom. The second-order valence-electron chi connectivity index (χ2n) is 4.82. The Morgan fingerprint density at radius 3 is 2.39 bits per heavy atom. The third-order valence-electron chi connectivity index (χ3n) is 3.82. The molecule has 1 atom stereocenters. The molecular weight excluding hydrogens is 298 g/mol. The fourth-order valence-electron chi connectivity index (χ4n) is 2.60. The van der Waals surface area contributed by atoms with E-state index in [9.17, 15) is 14.9 Å². The minimum absolute atomic E-state index is 0.180. The van der Waals surface area contributed by atoms with E-state index in [1.165, 1.54) is 0 Å². The standard InChI is InChI=1S/C13H14BrNO3/c14-11-4-2-10(3-5-11)12(8-15(17)18)13(9-16)6-1-7-13/h2-5,9,12H,1,6-8H2. The van der Waals surface area contributed by atoms with E-state index in [0.717, 1.165) is 35.6 Å². The summed E-state index contributed by atoms with van der Waals surface area (Å²) < 4.78 is 0.930. The summed E-state index contributed by atoms with van der Waals surface area (Å²) in [6, 6.07) is 7.45. The monoisotopic (exact) mass is 311 g/mol. The van der Waals surface area contributed by atoms with Gasteiger partial charge in [0, 0.05) is 14.8 Å². The van der Waals surface area contributed by atoms with E-state index in [4.69, 9.17) is 0 Å².